The Morgan fingerprint density at radius 2 is 1.59 bits per heavy atom. The van der Waals surface area contributed by atoms with Crippen LogP contribution in [-0.2, 0) is 0 Å². The summed E-state index contributed by atoms with van der Waals surface area (Å²) in [5.74, 6) is 0. The summed E-state index contributed by atoms with van der Waals surface area (Å²) in [5.41, 5.74) is 6.14. The molecule has 3 aromatic heterocycles. The Bertz CT molecular complexity index is 1520. The summed E-state index contributed by atoms with van der Waals surface area (Å²) in [6.45, 7) is 0. The average Bonchev–Trinajstić information content (AvgIpc) is 3.25. The monoisotopic (exact) mass is 343 g/mol. The van der Waals surface area contributed by atoms with E-state index in [1.807, 2.05) is 36.5 Å². The van der Waals surface area contributed by atoms with E-state index in [9.17, 15) is 5.26 Å². The highest BCUT2D eigenvalue weighted by molar-refractivity contribution is 6.25. The van der Waals surface area contributed by atoms with E-state index in [4.69, 9.17) is 0 Å². The van der Waals surface area contributed by atoms with Crippen molar-refractivity contribution in [3.8, 4) is 17.3 Å². The first-order valence-corrected chi connectivity index (χ1v) is 8.89. The quantitative estimate of drug-likeness (QED) is 0.380. The lowest BCUT2D eigenvalue weighted by Gasteiger charge is -2.03. The minimum atomic E-state index is 0.708. The topological polar surface area (TPSA) is 41.1 Å². The van der Waals surface area contributed by atoms with Crippen LogP contribution in [0.1, 0.15) is 5.56 Å². The van der Waals surface area contributed by atoms with Crippen molar-refractivity contribution in [3.63, 3.8) is 0 Å². The van der Waals surface area contributed by atoms with Crippen LogP contribution in [0.15, 0.2) is 79.0 Å². The van der Waals surface area contributed by atoms with Gasteiger partial charge in [0.1, 0.15) is 0 Å². The summed E-state index contributed by atoms with van der Waals surface area (Å²) in [7, 11) is 0. The maximum absolute atomic E-state index is 9.70. The number of hydrogen-bond donors (Lipinski definition) is 0. The molecule has 124 valence electrons. The first-order chi connectivity index (χ1) is 13.4. The SMILES string of the molecule is N#Cc1cccc2c1c1cc(-c3ccccn3)cc3c4ccccc4n2c31. The third-order valence-electron chi connectivity index (χ3n) is 5.40. The fourth-order valence-electron chi connectivity index (χ4n) is 4.32. The number of rotatable bonds is 1. The molecule has 0 radical (unpaired) electrons. The summed E-state index contributed by atoms with van der Waals surface area (Å²) in [6.07, 6.45) is 1.82. The minimum absolute atomic E-state index is 0.708. The molecule has 0 saturated heterocycles. The fourth-order valence-corrected chi connectivity index (χ4v) is 4.32. The van der Waals surface area contributed by atoms with Gasteiger partial charge in [-0.05, 0) is 42.5 Å². The van der Waals surface area contributed by atoms with Crippen molar-refractivity contribution in [1.82, 2.24) is 9.38 Å². The van der Waals surface area contributed by atoms with E-state index in [1.54, 1.807) is 0 Å². The molecule has 0 fully saturated rings. The van der Waals surface area contributed by atoms with Crippen LogP contribution in [0, 0.1) is 11.3 Å². The van der Waals surface area contributed by atoms with Crippen LogP contribution in [-0.4, -0.2) is 9.38 Å². The van der Waals surface area contributed by atoms with E-state index >= 15 is 0 Å². The standard InChI is InChI=1S/C24H13N3/c25-14-15-6-5-10-22-23(15)19-13-16(20-8-3-4-11-26-20)12-18-17-7-1-2-9-21(17)27(22)24(18)19/h1-13H. The van der Waals surface area contributed by atoms with Gasteiger partial charge in [0.25, 0.3) is 0 Å². The Morgan fingerprint density at radius 1 is 0.778 bits per heavy atom. The Balaban J connectivity index is 1.94. The van der Waals surface area contributed by atoms with Crippen molar-refractivity contribution in [2.24, 2.45) is 0 Å². The number of benzene rings is 3. The minimum Gasteiger partial charge on any atom is -0.308 e. The highest BCUT2D eigenvalue weighted by atomic mass is 14.9. The maximum Gasteiger partial charge on any atom is 0.0998 e. The van der Waals surface area contributed by atoms with E-state index in [2.05, 4.69) is 57.9 Å². The highest BCUT2D eigenvalue weighted by Crippen LogP contribution is 2.42. The Kier molecular flexibility index (Phi) is 2.68. The summed E-state index contributed by atoms with van der Waals surface area (Å²) in [5, 5.41) is 14.2. The predicted molar refractivity (Wildman–Crippen MR) is 109 cm³/mol. The van der Waals surface area contributed by atoms with Gasteiger partial charge in [-0.25, -0.2) is 0 Å². The lowest BCUT2D eigenvalue weighted by Crippen LogP contribution is -1.83. The fraction of sp³-hybridized carbons (Fsp3) is 0. The lowest BCUT2D eigenvalue weighted by atomic mass is 10.0. The molecule has 0 aliphatic rings. The van der Waals surface area contributed by atoms with Gasteiger partial charge in [-0.1, -0.05) is 30.3 Å². The van der Waals surface area contributed by atoms with Crippen LogP contribution < -0.4 is 0 Å². The third kappa shape index (κ3) is 1.77. The molecule has 0 N–H and O–H groups in total. The molecule has 0 unspecified atom stereocenters. The average molecular weight is 343 g/mol. The highest BCUT2D eigenvalue weighted by Gasteiger charge is 2.20. The van der Waals surface area contributed by atoms with Gasteiger partial charge >= 0.3 is 0 Å². The van der Waals surface area contributed by atoms with Gasteiger partial charge in [0.15, 0.2) is 0 Å². The van der Waals surface area contributed by atoms with Gasteiger partial charge in [0.2, 0.25) is 0 Å². The largest absolute Gasteiger partial charge is 0.308 e. The molecule has 3 aromatic carbocycles. The number of fused-ring (bicyclic) bond motifs is 6. The van der Waals surface area contributed by atoms with E-state index in [0.717, 1.165) is 27.5 Å². The molecular formula is C24H13N3. The lowest BCUT2D eigenvalue weighted by molar-refractivity contribution is 1.33. The van der Waals surface area contributed by atoms with Crippen LogP contribution in [0.5, 0.6) is 0 Å². The predicted octanol–water partition coefficient (Wildman–Crippen LogP) is 5.77. The number of hydrogen-bond acceptors (Lipinski definition) is 2. The Labute approximate surface area is 155 Å². The maximum atomic E-state index is 9.70. The summed E-state index contributed by atoms with van der Waals surface area (Å²) in [4.78, 5) is 4.54. The number of nitriles is 1. The molecule has 0 aliphatic heterocycles. The summed E-state index contributed by atoms with van der Waals surface area (Å²) >= 11 is 0. The molecule has 3 nitrogen and oxygen atoms in total. The number of para-hydroxylation sites is 1. The molecule has 6 rings (SSSR count). The number of pyridine rings is 1. The van der Waals surface area contributed by atoms with E-state index in [-0.39, 0.29) is 0 Å². The molecule has 0 aliphatic carbocycles. The van der Waals surface area contributed by atoms with Crippen molar-refractivity contribution in [3.05, 3.63) is 84.6 Å². The molecule has 0 amide bonds. The second-order valence-corrected chi connectivity index (χ2v) is 6.80. The molecule has 0 saturated carbocycles. The van der Waals surface area contributed by atoms with Crippen LogP contribution in [0.2, 0.25) is 0 Å². The van der Waals surface area contributed by atoms with Crippen molar-refractivity contribution >= 4 is 38.1 Å². The molecule has 0 spiro atoms. The zero-order valence-electron chi connectivity index (χ0n) is 14.3. The van der Waals surface area contributed by atoms with Gasteiger partial charge in [-0.3, -0.25) is 4.98 Å². The zero-order chi connectivity index (χ0) is 18.0. The molecule has 0 atom stereocenters. The van der Waals surface area contributed by atoms with Gasteiger partial charge in [-0.15, -0.1) is 0 Å². The van der Waals surface area contributed by atoms with Crippen LogP contribution >= 0.6 is 0 Å². The Morgan fingerprint density at radius 3 is 2.44 bits per heavy atom. The molecule has 3 heterocycles. The van der Waals surface area contributed by atoms with Gasteiger partial charge < -0.3 is 4.40 Å². The second-order valence-electron chi connectivity index (χ2n) is 6.80. The second kappa shape index (κ2) is 5.06. The summed E-state index contributed by atoms with van der Waals surface area (Å²) in [6, 6.07) is 27.1. The smallest absolute Gasteiger partial charge is 0.0998 e. The number of aromatic nitrogens is 2. The molecule has 6 aromatic rings. The first-order valence-electron chi connectivity index (χ1n) is 8.89. The van der Waals surface area contributed by atoms with Crippen LogP contribution in [0.3, 0.4) is 0 Å². The van der Waals surface area contributed by atoms with Crippen molar-refractivity contribution in [1.29, 1.82) is 5.26 Å². The van der Waals surface area contributed by atoms with E-state index in [1.165, 1.54) is 21.8 Å². The molecular weight excluding hydrogens is 330 g/mol. The molecule has 0 bridgehead atoms. The zero-order valence-corrected chi connectivity index (χ0v) is 14.3. The Hall–Kier alpha value is -3.90. The van der Waals surface area contributed by atoms with Crippen molar-refractivity contribution in [2.45, 2.75) is 0 Å². The first kappa shape index (κ1) is 14.3. The van der Waals surface area contributed by atoms with Crippen molar-refractivity contribution in [2.75, 3.05) is 0 Å². The normalized spacial score (nSPS) is 11.7. The van der Waals surface area contributed by atoms with Gasteiger partial charge in [-0.2, -0.15) is 5.26 Å². The molecule has 27 heavy (non-hydrogen) atoms. The summed E-state index contributed by atoms with van der Waals surface area (Å²) < 4.78 is 2.29. The van der Waals surface area contributed by atoms with E-state index in [0.29, 0.717) is 5.56 Å². The van der Waals surface area contributed by atoms with Crippen molar-refractivity contribution < 1.29 is 0 Å². The van der Waals surface area contributed by atoms with Gasteiger partial charge in [0, 0.05) is 33.3 Å². The van der Waals surface area contributed by atoms with E-state index < -0.39 is 0 Å². The molecule has 3 heteroatoms. The van der Waals surface area contributed by atoms with Gasteiger partial charge in [0.05, 0.1) is 33.9 Å². The van der Waals surface area contributed by atoms with Crippen LogP contribution in [0.25, 0.3) is 49.4 Å². The third-order valence-corrected chi connectivity index (χ3v) is 5.40. The number of nitrogens with zero attached hydrogens (tertiary/aromatic N) is 3. The van der Waals surface area contributed by atoms with Crippen LogP contribution in [0.4, 0.5) is 0 Å².